The van der Waals surface area contributed by atoms with E-state index in [1.807, 2.05) is 47.2 Å². The minimum atomic E-state index is 0. The lowest BCUT2D eigenvalue weighted by atomic mass is 10.3. The van der Waals surface area contributed by atoms with Gasteiger partial charge in [0.15, 0.2) is 0 Å². The second kappa shape index (κ2) is 4.58. The molecule has 3 heteroatoms. The summed E-state index contributed by atoms with van der Waals surface area (Å²) >= 11 is 0. The van der Waals surface area contributed by atoms with E-state index in [2.05, 4.69) is 4.98 Å². The number of rotatable bonds is 1. The Morgan fingerprint density at radius 3 is 2.38 bits per heavy atom. The van der Waals surface area contributed by atoms with Crippen LogP contribution >= 0.6 is 0 Å². The number of halogens is 1. The average molecular weight is 193 g/mol. The molecule has 0 bridgehead atoms. The number of benzene rings is 1. The first-order valence-corrected chi connectivity index (χ1v) is 3.83. The van der Waals surface area contributed by atoms with Crippen LogP contribution in [0.5, 0.6) is 0 Å². The van der Waals surface area contributed by atoms with Gasteiger partial charge in [0.1, 0.15) is 11.9 Å². The highest BCUT2D eigenvalue weighted by Gasteiger charge is 1.97. The summed E-state index contributed by atoms with van der Waals surface area (Å²) in [6.45, 7) is 0. The summed E-state index contributed by atoms with van der Waals surface area (Å²) < 4.78 is 1.97. The van der Waals surface area contributed by atoms with Crippen LogP contribution in [0.4, 0.5) is 0 Å². The van der Waals surface area contributed by atoms with Gasteiger partial charge >= 0.3 is 0 Å². The first-order valence-electron chi connectivity index (χ1n) is 3.83. The Morgan fingerprint density at radius 2 is 1.77 bits per heavy atom. The minimum absolute atomic E-state index is 0. The highest BCUT2D eigenvalue weighted by Crippen LogP contribution is 1.95. The van der Waals surface area contributed by atoms with Crippen LogP contribution in [0, 0.1) is 0 Å². The molecule has 13 heavy (non-hydrogen) atoms. The SMILES string of the molecule is [Cl-].c1ccc(-[n+]2cccnc2)cc1. The molecule has 0 radical (unpaired) electrons. The third-order valence-corrected chi connectivity index (χ3v) is 1.66. The quantitative estimate of drug-likeness (QED) is 0.496. The standard InChI is InChI=1S/C10H9N2.ClH/c1-2-5-10(6-3-1)12-8-4-7-11-9-12;/h1-9H;1H/q+1;/p-1. The molecule has 0 N–H and O–H groups in total. The lowest BCUT2D eigenvalue weighted by molar-refractivity contribution is -0.599. The van der Waals surface area contributed by atoms with Crippen LogP contribution in [0.15, 0.2) is 55.1 Å². The molecule has 0 aliphatic rings. The lowest BCUT2D eigenvalue weighted by Crippen LogP contribution is -3.00. The Morgan fingerprint density at radius 1 is 1.00 bits per heavy atom. The highest BCUT2D eigenvalue weighted by molar-refractivity contribution is 5.20. The van der Waals surface area contributed by atoms with E-state index in [1.165, 1.54) is 0 Å². The predicted molar refractivity (Wildman–Crippen MR) is 45.8 cm³/mol. The van der Waals surface area contributed by atoms with Gasteiger partial charge in [-0.3, -0.25) is 0 Å². The molecule has 1 aromatic heterocycles. The highest BCUT2D eigenvalue weighted by atomic mass is 35.5. The van der Waals surface area contributed by atoms with Gasteiger partial charge < -0.3 is 12.4 Å². The fourth-order valence-electron chi connectivity index (χ4n) is 1.08. The molecule has 0 fully saturated rings. The second-order valence-corrected chi connectivity index (χ2v) is 2.50. The first kappa shape index (κ1) is 9.68. The van der Waals surface area contributed by atoms with Crippen molar-refractivity contribution in [2.75, 3.05) is 0 Å². The van der Waals surface area contributed by atoms with Crippen molar-refractivity contribution in [3.8, 4) is 5.69 Å². The summed E-state index contributed by atoms with van der Waals surface area (Å²) in [5.74, 6) is 0. The number of aromatic nitrogens is 2. The van der Waals surface area contributed by atoms with Crippen LogP contribution in [0.1, 0.15) is 0 Å². The van der Waals surface area contributed by atoms with Gasteiger partial charge in [-0.25, -0.2) is 4.57 Å². The summed E-state index contributed by atoms with van der Waals surface area (Å²) in [5.41, 5.74) is 1.13. The Bertz CT molecular complexity index is 310. The maximum atomic E-state index is 4.02. The third kappa shape index (κ3) is 2.26. The fourth-order valence-corrected chi connectivity index (χ4v) is 1.08. The predicted octanol–water partition coefficient (Wildman–Crippen LogP) is -1.64. The smallest absolute Gasteiger partial charge is 0.291 e. The van der Waals surface area contributed by atoms with Crippen LogP contribution in [0.25, 0.3) is 5.69 Å². The maximum absolute atomic E-state index is 4.02. The van der Waals surface area contributed by atoms with E-state index in [-0.39, 0.29) is 12.4 Å². The maximum Gasteiger partial charge on any atom is 0.291 e. The second-order valence-electron chi connectivity index (χ2n) is 2.50. The Kier molecular flexibility index (Phi) is 3.41. The van der Waals surface area contributed by atoms with Crippen LogP contribution in [0.2, 0.25) is 0 Å². The molecule has 2 nitrogen and oxygen atoms in total. The molecule has 0 saturated carbocycles. The lowest BCUT2D eigenvalue weighted by Gasteiger charge is -1.94. The molecule has 66 valence electrons. The van der Waals surface area contributed by atoms with Crippen molar-refractivity contribution in [3.63, 3.8) is 0 Å². The summed E-state index contributed by atoms with van der Waals surface area (Å²) in [6, 6.07) is 12.0. The Hall–Kier alpha value is -1.41. The normalized spacial score (nSPS) is 8.92. The van der Waals surface area contributed by atoms with E-state index < -0.39 is 0 Å². The molecular formula is C10H9ClN2. The van der Waals surface area contributed by atoms with Crippen molar-refractivity contribution in [1.82, 2.24) is 4.98 Å². The largest absolute Gasteiger partial charge is 1.00 e. The monoisotopic (exact) mass is 192 g/mol. The number of nitrogens with zero attached hydrogens (tertiary/aromatic N) is 2. The zero-order valence-electron chi connectivity index (χ0n) is 6.97. The molecule has 1 heterocycles. The van der Waals surface area contributed by atoms with Crippen LogP contribution in [-0.2, 0) is 0 Å². The molecule has 1 aromatic carbocycles. The van der Waals surface area contributed by atoms with Crippen molar-refractivity contribution in [2.45, 2.75) is 0 Å². The topological polar surface area (TPSA) is 16.8 Å². The summed E-state index contributed by atoms with van der Waals surface area (Å²) in [6.07, 6.45) is 5.52. The minimum Gasteiger partial charge on any atom is -1.00 e. The van der Waals surface area contributed by atoms with E-state index in [4.69, 9.17) is 0 Å². The van der Waals surface area contributed by atoms with Gasteiger partial charge in [0.25, 0.3) is 6.33 Å². The first-order chi connectivity index (χ1) is 5.97. The molecule has 0 aliphatic carbocycles. The van der Waals surface area contributed by atoms with Gasteiger partial charge in [-0.15, -0.1) is 0 Å². The van der Waals surface area contributed by atoms with Gasteiger partial charge in [0.05, 0.1) is 6.20 Å². The molecular weight excluding hydrogens is 184 g/mol. The van der Waals surface area contributed by atoms with E-state index in [1.54, 1.807) is 12.5 Å². The average Bonchev–Trinajstić information content (AvgIpc) is 2.21. The van der Waals surface area contributed by atoms with Gasteiger partial charge in [0.2, 0.25) is 0 Å². The summed E-state index contributed by atoms with van der Waals surface area (Å²) in [4.78, 5) is 4.02. The van der Waals surface area contributed by atoms with Crippen LogP contribution in [0.3, 0.4) is 0 Å². The summed E-state index contributed by atoms with van der Waals surface area (Å²) in [5, 5.41) is 0. The van der Waals surface area contributed by atoms with Crippen molar-refractivity contribution >= 4 is 0 Å². The third-order valence-electron chi connectivity index (χ3n) is 1.66. The van der Waals surface area contributed by atoms with Crippen molar-refractivity contribution in [2.24, 2.45) is 0 Å². The Balaban J connectivity index is 0.000000845. The zero-order chi connectivity index (χ0) is 8.23. The number of hydrogen-bond acceptors (Lipinski definition) is 1. The number of hydrogen-bond donors (Lipinski definition) is 0. The van der Waals surface area contributed by atoms with Gasteiger partial charge in [0, 0.05) is 6.07 Å². The van der Waals surface area contributed by atoms with E-state index >= 15 is 0 Å². The molecule has 0 amide bonds. The van der Waals surface area contributed by atoms with Crippen molar-refractivity contribution < 1.29 is 17.0 Å². The van der Waals surface area contributed by atoms with Crippen molar-refractivity contribution in [3.05, 3.63) is 55.1 Å². The van der Waals surface area contributed by atoms with Gasteiger partial charge in [-0.1, -0.05) is 23.2 Å². The molecule has 0 unspecified atom stereocenters. The molecule has 0 aliphatic heterocycles. The fraction of sp³-hybridized carbons (Fsp3) is 0. The molecule has 0 spiro atoms. The number of para-hydroxylation sites is 1. The van der Waals surface area contributed by atoms with E-state index in [0.29, 0.717) is 0 Å². The zero-order valence-corrected chi connectivity index (χ0v) is 7.72. The molecule has 2 rings (SSSR count). The van der Waals surface area contributed by atoms with E-state index in [0.717, 1.165) is 5.69 Å². The Labute approximate surface area is 83.3 Å². The molecule has 2 aromatic rings. The van der Waals surface area contributed by atoms with Crippen LogP contribution < -0.4 is 17.0 Å². The molecule has 0 atom stereocenters. The van der Waals surface area contributed by atoms with E-state index in [9.17, 15) is 0 Å². The van der Waals surface area contributed by atoms with Gasteiger partial charge in [-0.05, 0) is 12.1 Å². The van der Waals surface area contributed by atoms with Crippen LogP contribution in [-0.4, -0.2) is 4.98 Å². The van der Waals surface area contributed by atoms with Gasteiger partial charge in [-0.2, -0.15) is 0 Å². The van der Waals surface area contributed by atoms with Crippen molar-refractivity contribution in [1.29, 1.82) is 0 Å². The molecule has 0 saturated heterocycles. The summed E-state index contributed by atoms with van der Waals surface area (Å²) in [7, 11) is 0.